The molecule has 0 unspecified atom stereocenters. The van der Waals surface area contributed by atoms with Gasteiger partial charge in [0.1, 0.15) is 5.82 Å². The van der Waals surface area contributed by atoms with Gasteiger partial charge >= 0.3 is 0 Å². The Morgan fingerprint density at radius 1 is 1.29 bits per heavy atom. The van der Waals surface area contributed by atoms with Crippen LogP contribution < -0.4 is 0 Å². The van der Waals surface area contributed by atoms with E-state index in [1.165, 1.54) is 6.20 Å². The Kier molecular flexibility index (Phi) is 3.82. The maximum absolute atomic E-state index is 12.8. The Bertz CT molecular complexity index is 706. The third kappa shape index (κ3) is 3.01. The molecule has 0 bridgehead atoms. The zero-order valence-corrected chi connectivity index (χ0v) is 12.8. The average Bonchev–Trinajstić information content (AvgIpc) is 3.20. The van der Waals surface area contributed by atoms with Gasteiger partial charge in [0.2, 0.25) is 0 Å². The number of imidazole rings is 1. The highest BCUT2D eigenvalue weighted by Crippen LogP contribution is 2.33. The van der Waals surface area contributed by atoms with Crippen LogP contribution >= 0.6 is 0 Å². The number of aryl methyl sites for hydroxylation is 1. The minimum absolute atomic E-state index is 0.114. The third-order valence-corrected chi connectivity index (χ3v) is 5.47. The number of sulfonamides is 1. The van der Waals surface area contributed by atoms with Crippen molar-refractivity contribution in [2.45, 2.75) is 43.8 Å². The molecule has 2 aromatic rings. The van der Waals surface area contributed by atoms with E-state index in [0.29, 0.717) is 18.8 Å². The van der Waals surface area contributed by atoms with E-state index in [0.717, 1.165) is 18.4 Å². The van der Waals surface area contributed by atoms with E-state index in [4.69, 9.17) is 0 Å². The topological polar surface area (TPSA) is 66.1 Å². The number of aromatic nitrogens is 2. The first kappa shape index (κ1) is 14.3. The van der Waals surface area contributed by atoms with Gasteiger partial charge in [0.15, 0.2) is 5.03 Å². The Morgan fingerprint density at radius 2 is 2.00 bits per heavy atom. The van der Waals surface area contributed by atoms with Crippen LogP contribution in [-0.2, 0) is 23.0 Å². The SMILES string of the molecule is CCc1ncc(S(=O)(=O)N(Cc2ccccc2)C2CC2)[nH]1. The summed E-state index contributed by atoms with van der Waals surface area (Å²) in [4.78, 5) is 7.02. The normalized spacial score (nSPS) is 15.5. The van der Waals surface area contributed by atoms with Crippen LogP contribution in [0.3, 0.4) is 0 Å². The van der Waals surface area contributed by atoms with Crippen molar-refractivity contribution < 1.29 is 8.42 Å². The minimum atomic E-state index is -3.51. The molecular formula is C15H19N3O2S. The molecule has 1 fully saturated rings. The van der Waals surface area contributed by atoms with Gasteiger partial charge < -0.3 is 4.98 Å². The lowest BCUT2D eigenvalue weighted by atomic mass is 10.2. The van der Waals surface area contributed by atoms with Crippen LogP contribution in [0.5, 0.6) is 0 Å². The predicted octanol–water partition coefficient (Wildman–Crippen LogP) is 2.33. The molecule has 0 saturated heterocycles. The minimum Gasteiger partial charge on any atom is -0.332 e. The molecule has 0 atom stereocenters. The van der Waals surface area contributed by atoms with Crippen LogP contribution in [0.2, 0.25) is 0 Å². The first-order chi connectivity index (χ1) is 10.1. The van der Waals surface area contributed by atoms with E-state index in [1.807, 2.05) is 37.3 Å². The zero-order valence-electron chi connectivity index (χ0n) is 12.0. The molecule has 1 heterocycles. The molecule has 1 N–H and O–H groups in total. The summed E-state index contributed by atoms with van der Waals surface area (Å²) in [5.74, 6) is 0.698. The molecule has 0 aliphatic heterocycles. The van der Waals surface area contributed by atoms with E-state index in [1.54, 1.807) is 4.31 Å². The second-order valence-corrected chi connectivity index (χ2v) is 7.17. The van der Waals surface area contributed by atoms with Gasteiger partial charge in [-0.15, -0.1) is 0 Å². The highest BCUT2D eigenvalue weighted by atomic mass is 32.2. The summed E-state index contributed by atoms with van der Waals surface area (Å²) in [6, 6.07) is 9.81. The summed E-state index contributed by atoms with van der Waals surface area (Å²) >= 11 is 0. The summed E-state index contributed by atoms with van der Waals surface area (Å²) in [7, 11) is -3.51. The quantitative estimate of drug-likeness (QED) is 0.890. The van der Waals surface area contributed by atoms with Crippen LogP contribution in [0, 0.1) is 0 Å². The highest BCUT2D eigenvalue weighted by molar-refractivity contribution is 7.89. The number of H-pyrrole nitrogens is 1. The monoisotopic (exact) mass is 305 g/mol. The summed E-state index contributed by atoms with van der Waals surface area (Å²) in [5.41, 5.74) is 1.00. The maximum atomic E-state index is 12.8. The van der Waals surface area contributed by atoms with Crippen molar-refractivity contribution in [3.05, 3.63) is 47.9 Å². The lowest BCUT2D eigenvalue weighted by molar-refractivity contribution is 0.397. The van der Waals surface area contributed by atoms with Crippen LogP contribution in [0.15, 0.2) is 41.6 Å². The van der Waals surface area contributed by atoms with E-state index in [9.17, 15) is 8.42 Å². The molecule has 1 aromatic heterocycles. The van der Waals surface area contributed by atoms with Crippen molar-refractivity contribution in [2.75, 3.05) is 0 Å². The largest absolute Gasteiger partial charge is 0.332 e. The first-order valence-corrected chi connectivity index (χ1v) is 8.65. The lowest BCUT2D eigenvalue weighted by Gasteiger charge is -2.21. The molecule has 1 aliphatic rings. The van der Waals surface area contributed by atoms with Crippen molar-refractivity contribution in [2.24, 2.45) is 0 Å². The van der Waals surface area contributed by atoms with Crippen molar-refractivity contribution >= 4 is 10.0 Å². The standard InChI is InChI=1S/C15H19N3O2S/c1-2-14-16-10-15(17-14)21(19,20)18(13-8-9-13)11-12-6-4-3-5-7-12/h3-7,10,13H,2,8-9,11H2,1H3,(H,16,17). The third-order valence-electron chi connectivity index (χ3n) is 3.66. The van der Waals surface area contributed by atoms with Gasteiger partial charge in [-0.2, -0.15) is 4.31 Å². The van der Waals surface area contributed by atoms with Gasteiger partial charge in [-0.3, -0.25) is 0 Å². The summed E-state index contributed by atoms with van der Waals surface area (Å²) < 4.78 is 27.2. The van der Waals surface area contributed by atoms with Crippen LogP contribution in [0.1, 0.15) is 31.2 Å². The maximum Gasteiger partial charge on any atom is 0.260 e. The molecule has 21 heavy (non-hydrogen) atoms. The lowest BCUT2D eigenvalue weighted by Crippen LogP contribution is -2.32. The van der Waals surface area contributed by atoms with Crippen molar-refractivity contribution in [3.63, 3.8) is 0 Å². The Labute approximate surface area is 125 Å². The number of aromatic amines is 1. The molecule has 3 rings (SSSR count). The smallest absolute Gasteiger partial charge is 0.260 e. The highest BCUT2D eigenvalue weighted by Gasteiger charge is 2.38. The molecular weight excluding hydrogens is 286 g/mol. The van der Waals surface area contributed by atoms with Crippen LogP contribution in [0.4, 0.5) is 0 Å². The molecule has 0 spiro atoms. The second-order valence-electron chi connectivity index (χ2n) is 5.31. The summed E-state index contributed by atoms with van der Waals surface area (Å²) in [5, 5.41) is 0.196. The van der Waals surface area contributed by atoms with Crippen molar-refractivity contribution in [1.29, 1.82) is 0 Å². The molecule has 1 aromatic carbocycles. The molecule has 1 saturated carbocycles. The van der Waals surface area contributed by atoms with E-state index in [2.05, 4.69) is 9.97 Å². The van der Waals surface area contributed by atoms with E-state index in [-0.39, 0.29) is 11.1 Å². The van der Waals surface area contributed by atoms with Crippen LogP contribution in [-0.4, -0.2) is 28.7 Å². The average molecular weight is 305 g/mol. The van der Waals surface area contributed by atoms with Crippen molar-refractivity contribution in [1.82, 2.24) is 14.3 Å². The van der Waals surface area contributed by atoms with E-state index >= 15 is 0 Å². The molecule has 1 aliphatic carbocycles. The number of hydrogen-bond donors (Lipinski definition) is 1. The van der Waals surface area contributed by atoms with Gasteiger partial charge in [-0.05, 0) is 18.4 Å². The Hall–Kier alpha value is -1.66. The molecule has 5 nitrogen and oxygen atoms in total. The fraction of sp³-hybridized carbons (Fsp3) is 0.400. The van der Waals surface area contributed by atoms with Gasteiger partial charge in [0.05, 0.1) is 6.20 Å². The Morgan fingerprint density at radius 3 is 2.57 bits per heavy atom. The molecule has 6 heteroatoms. The van der Waals surface area contributed by atoms with Crippen molar-refractivity contribution in [3.8, 4) is 0 Å². The number of hydrogen-bond acceptors (Lipinski definition) is 3. The molecule has 0 radical (unpaired) electrons. The number of benzene rings is 1. The molecule has 112 valence electrons. The fourth-order valence-corrected chi connectivity index (χ4v) is 3.92. The van der Waals surface area contributed by atoms with Crippen LogP contribution in [0.25, 0.3) is 0 Å². The molecule has 0 amide bonds. The second kappa shape index (κ2) is 5.61. The number of nitrogens with zero attached hydrogens (tertiary/aromatic N) is 2. The summed E-state index contributed by atoms with van der Waals surface area (Å²) in [6.07, 6.45) is 3.98. The van der Waals surface area contributed by atoms with Gasteiger partial charge in [0.25, 0.3) is 10.0 Å². The fourth-order valence-electron chi connectivity index (χ4n) is 2.32. The van der Waals surface area contributed by atoms with E-state index < -0.39 is 10.0 Å². The van der Waals surface area contributed by atoms with Gasteiger partial charge in [-0.25, -0.2) is 13.4 Å². The van der Waals surface area contributed by atoms with Gasteiger partial charge in [-0.1, -0.05) is 37.3 Å². The number of nitrogens with one attached hydrogen (secondary N) is 1. The van der Waals surface area contributed by atoms with Gasteiger partial charge in [0, 0.05) is 19.0 Å². The Balaban J connectivity index is 1.89. The predicted molar refractivity (Wildman–Crippen MR) is 80.2 cm³/mol. The number of rotatable bonds is 6. The first-order valence-electron chi connectivity index (χ1n) is 7.21. The zero-order chi connectivity index (χ0) is 14.9. The summed E-state index contributed by atoms with van der Waals surface area (Å²) in [6.45, 7) is 2.35.